The quantitative estimate of drug-likeness (QED) is 0.378. The second kappa shape index (κ2) is 11.2. The van der Waals surface area contributed by atoms with Gasteiger partial charge in [-0.15, -0.1) is 0 Å². The molecule has 0 atom stereocenters. The lowest BCUT2D eigenvalue weighted by molar-refractivity contribution is -0.917. The molecule has 7 rings (SSSR count). The fourth-order valence-electron chi connectivity index (χ4n) is 5.73. The lowest BCUT2D eigenvalue weighted by atomic mass is 10.1. The number of ether oxygens (including phenoxy) is 2. The summed E-state index contributed by atoms with van der Waals surface area (Å²) in [5.41, 5.74) is 3.29. The Labute approximate surface area is 247 Å². The predicted octanol–water partition coefficient (Wildman–Crippen LogP) is 4.41. The summed E-state index contributed by atoms with van der Waals surface area (Å²) in [7, 11) is 0. The second-order valence-corrected chi connectivity index (χ2v) is 11.8. The fraction of sp³-hybridized carbons (Fsp3) is 0.212. The third-order valence-electron chi connectivity index (χ3n) is 8.01. The van der Waals surface area contributed by atoms with Gasteiger partial charge in [-0.3, -0.25) is 9.59 Å². The maximum atomic E-state index is 14.7. The third kappa shape index (κ3) is 5.10. The highest BCUT2D eigenvalue weighted by atomic mass is 32.2. The Balaban J connectivity index is 1.11. The Morgan fingerprint density at radius 1 is 0.881 bits per heavy atom. The number of benzene rings is 4. The van der Waals surface area contributed by atoms with Crippen LogP contribution in [0.4, 0.5) is 10.1 Å². The number of piperazine rings is 1. The second-order valence-electron chi connectivity index (χ2n) is 10.7. The standard InChI is InChI=1S/C33H28FN3O4S/c34-26-7-3-1-5-24(26)20-37-27-18-23(10-12-31(27)42-30-8-4-2-6-25(30)33(37)39)32(38)36-15-13-35(14-16-36)19-22-9-11-28-29(17-22)41-21-40-28/h1-12,17-18H,13-16,19-21H2/p+1. The highest BCUT2D eigenvalue weighted by Crippen LogP contribution is 2.42. The molecular weight excluding hydrogens is 553 g/mol. The van der Waals surface area contributed by atoms with E-state index in [0.29, 0.717) is 35.5 Å². The van der Waals surface area contributed by atoms with Crippen LogP contribution in [0, 0.1) is 5.82 Å². The molecule has 0 saturated carbocycles. The van der Waals surface area contributed by atoms with Crippen LogP contribution in [0.2, 0.25) is 0 Å². The van der Waals surface area contributed by atoms with Gasteiger partial charge in [0.1, 0.15) is 12.4 Å². The van der Waals surface area contributed by atoms with Crippen LogP contribution in [0.3, 0.4) is 0 Å². The first-order valence-corrected chi connectivity index (χ1v) is 14.8. The molecule has 0 spiro atoms. The molecule has 0 unspecified atom stereocenters. The van der Waals surface area contributed by atoms with Gasteiger partial charge in [0.25, 0.3) is 11.8 Å². The molecule has 3 heterocycles. The summed E-state index contributed by atoms with van der Waals surface area (Å²) in [6.45, 7) is 4.09. The molecule has 2 amide bonds. The molecule has 0 radical (unpaired) electrons. The van der Waals surface area contributed by atoms with E-state index < -0.39 is 0 Å². The Morgan fingerprint density at radius 3 is 2.52 bits per heavy atom. The number of carbonyl (C=O) groups excluding carboxylic acids is 2. The minimum absolute atomic E-state index is 0.0624. The summed E-state index contributed by atoms with van der Waals surface area (Å²) >= 11 is 1.49. The molecule has 1 saturated heterocycles. The SMILES string of the molecule is O=C(c1ccc2c(c1)N(Cc1ccccc1F)C(=O)c1ccccc1S2)N1CC[NH+](Cc2ccc3c(c2)OCO3)CC1. The number of quaternary nitrogens is 1. The van der Waals surface area contributed by atoms with Crippen molar-refractivity contribution in [3.8, 4) is 11.5 Å². The van der Waals surface area contributed by atoms with E-state index in [9.17, 15) is 14.0 Å². The minimum Gasteiger partial charge on any atom is -0.454 e. The molecule has 4 aromatic rings. The van der Waals surface area contributed by atoms with E-state index in [0.717, 1.165) is 40.9 Å². The van der Waals surface area contributed by atoms with Crippen molar-refractivity contribution in [1.82, 2.24) is 4.90 Å². The van der Waals surface area contributed by atoms with Crippen molar-refractivity contribution in [2.24, 2.45) is 0 Å². The van der Waals surface area contributed by atoms with Crippen molar-refractivity contribution in [3.63, 3.8) is 0 Å². The van der Waals surface area contributed by atoms with Crippen LogP contribution in [-0.4, -0.2) is 49.7 Å². The van der Waals surface area contributed by atoms with E-state index >= 15 is 0 Å². The average Bonchev–Trinajstić information content (AvgIpc) is 3.45. The van der Waals surface area contributed by atoms with Gasteiger partial charge in [0.15, 0.2) is 11.5 Å². The highest BCUT2D eigenvalue weighted by molar-refractivity contribution is 7.99. The lowest BCUT2D eigenvalue weighted by Crippen LogP contribution is -3.13. The number of carbonyl (C=O) groups is 2. The number of nitrogens with zero attached hydrogens (tertiary/aromatic N) is 2. The summed E-state index contributed by atoms with van der Waals surface area (Å²) in [5, 5.41) is 0. The van der Waals surface area contributed by atoms with E-state index in [-0.39, 0.29) is 31.0 Å². The molecule has 3 aliphatic heterocycles. The number of hydrogen-bond acceptors (Lipinski definition) is 5. The van der Waals surface area contributed by atoms with Gasteiger partial charge in [-0.05, 0) is 54.6 Å². The molecular formula is C33H29FN3O4S+. The van der Waals surface area contributed by atoms with Crippen LogP contribution in [0.25, 0.3) is 0 Å². The van der Waals surface area contributed by atoms with Crippen molar-refractivity contribution < 1.29 is 28.4 Å². The predicted molar refractivity (Wildman–Crippen MR) is 157 cm³/mol. The Kier molecular flexibility index (Phi) is 7.05. The first-order chi connectivity index (χ1) is 20.5. The van der Waals surface area contributed by atoms with Crippen LogP contribution in [0.1, 0.15) is 31.8 Å². The van der Waals surface area contributed by atoms with Gasteiger partial charge in [0.05, 0.1) is 44.0 Å². The normalized spacial score (nSPS) is 16.2. The van der Waals surface area contributed by atoms with Gasteiger partial charge in [0, 0.05) is 26.5 Å². The number of amides is 2. The topological polar surface area (TPSA) is 63.5 Å². The molecule has 1 N–H and O–H groups in total. The molecule has 0 aromatic heterocycles. The van der Waals surface area contributed by atoms with Gasteiger partial charge in [-0.1, -0.05) is 42.1 Å². The summed E-state index contributed by atoms with van der Waals surface area (Å²) in [4.78, 5) is 34.1. The monoisotopic (exact) mass is 582 g/mol. The van der Waals surface area contributed by atoms with Crippen LogP contribution in [0.15, 0.2) is 94.7 Å². The van der Waals surface area contributed by atoms with Crippen LogP contribution in [0.5, 0.6) is 11.5 Å². The average molecular weight is 583 g/mol. The van der Waals surface area contributed by atoms with Crippen LogP contribution < -0.4 is 19.3 Å². The van der Waals surface area contributed by atoms with Crippen LogP contribution in [-0.2, 0) is 13.1 Å². The third-order valence-corrected chi connectivity index (χ3v) is 9.16. The molecule has 7 nitrogen and oxygen atoms in total. The number of anilines is 1. The van der Waals surface area contributed by atoms with Crippen molar-refractivity contribution in [2.75, 3.05) is 37.9 Å². The van der Waals surface area contributed by atoms with E-state index in [1.54, 1.807) is 35.2 Å². The molecule has 3 aliphatic rings. The van der Waals surface area contributed by atoms with Gasteiger partial charge in [0.2, 0.25) is 6.79 Å². The fourth-order valence-corrected chi connectivity index (χ4v) is 6.79. The summed E-state index contributed by atoms with van der Waals surface area (Å²) in [5.74, 6) is 0.912. The first kappa shape index (κ1) is 26.6. The zero-order chi connectivity index (χ0) is 28.6. The number of halogens is 1. The van der Waals surface area contributed by atoms with Crippen molar-refractivity contribution in [2.45, 2.75) is 22.9 Å². The van der Waals surface area contributed by atoms with E-state index in [2.05, 4.69) is 6.07 Å². The van der Waals surface area contributed by atoms with Gasteiger partial charge in [-0.2, -0.15) is 0 Å². The maximum absolute atomic E-state index is 14.7. The molecule has 1 fully saturated rings. The van der Waals surface area contributed by atoms with Gasteiger partial charge in [-0.25, -0.2) is 4.39 Å². The minimum atomic E-state index is -0.370. The lowest BCUT2D eigenvalue weighted by Gasteiger charge is -2.32. The van der Waals surface area contributed by atoms with E-state index in [1.807, 2.05) is 47.4 Å². The molecule has 42 heavy (non-hydrogen) atoms. The highest BCUT2D eigenvalue weighted by Gasteiger charge is 2.31. The van der Waals surface area contributed by atoms with E-state index in [4.69, 9.17) is 9.47 Å². The number of fused-ring (bicyclic) bond motifs is 3. The van der Waals surface area contributed by atoms with Crippen LogP contribution >= 0.6 is 11.8 Å². The largest absolute Gasteiger partial charge is 0.454 e. The van der Waals surface area contributed by atoms with E-state index in [1.165, 1.54) is 28.3 Å². The Hall–Kier alpha value is -4.34. The number of nitrogens with one attached hydrogen (secondary N) is 1. The molecule has 9 heteroatoms. The molecule has 0 aliphatic carbocycles. The van der Waals surface area contributed by atoms with Crippen molar-refractivity contribution >= 4 is 29.3 Å². The molecule has 4 aromatic carbocycles. The van der Waals surface area contributed by atoms with Crippen molar-refractivity contribution in [3.05, 3.63) is 113 Å². The van der Waals surface area contributed by atoms with Gasteiger partial charge >= 0.3 is 0 Å². The summed E-state index contributed by atoms with van der Waals surface area (Å²) in [6, 6.07) is 25.5. The Bertz CT molecular complexity index is 1690. The molecule has 212 valence electrons. The van der Waals surface area contributed by atoms with Gasteiger partial charge < -0.3 is 24.2 Å². The zero-order valence-electron chi connectivity index (χ0n) is 22.8. The Morgan fingerprint density at radius 2 is 1.67 bits per heavy atom. The number of rotatable bonds is 5. The number of hydrogen-bond donors (Lipinski definition) is 1. The summed E-state index contributed by atoms with van der Waals surface area (Å²) in [6.07, 6.45) is 0. The zero-order valence-corrected chi connectivity index (χ0v) is 23.7. The molecule has 0 bridgehead atoms. The smallest absolute Gasteiger partial charge is 0.259 e. The summed E-state index contributed by atoms with van der Waals surface area (Å²) < 4.78 is 25.6. The maximum Gasteiger partial charge on any atom is 0.259 e. The first-order valence-electron chi connectivity index (χ1n) is 14.0. The van der Waals surface area contributed by atoms with Crippen molar-refractivity contribution in [1.29, 1.82) is 0 Å².